The third-order valence-electron chi connectivity index (χ3n) is 1.49. The van der Waals surface area contributed by atoms with Gasteiger partial charge in [0.05, 0.1) is 17.3 Å². The van der Waals surface area contributed by atoms with E-state index >= 15 is 0 Å². The number of nitrogens with zero attached hydrogens (tertiary/aromatic N) is 1. The highest BCUT2D eigenvalue weighted by Crippen LogP contribution is 2.27. The molecule has 0 fully saturated rings. The number of thiazole rings is 1. The molecule has 0 aliphatic heterocycles. The average molecular weight is 211 g/mol. The molecule has 0 amide bonds. The number of alkyl halides is 3. The van der Waals surface area contributed by atoms with E-state index < -0.39 is 18.7 Å². The fraction of sp³-hybridized carbons (Fsp3) is 0.571. The van der Waals surface area contributed by atoms with Crippen LogP contribution in [0.5, 0.6) is 0 Å². The SMILES string of the molecule is OC(CCC(F)(F)F)c1cscn1. The lowest BCUT2D eigenvalue weighted by Crippen LogP contribution is -2.10. The van der Waals surface area contributed by atoms with Crippen molar-refractivity contribution < 1.29 is 18.3 Å². The second kappa shape index (κ2) is 4.06. The van der Waals surface area contributed by atoms with Crippen LogP contribution in [0.15, 0.2) is 10.9 Å². The molecular weight excluding hydrogens is 203 g/mol. The molecule has 0 saturated carbocycles. The van der Waals surface area contributed by atoms with Crippen molar-refractivity contribution in [2.45, 2.75) is 25.1 Å². The van der Waals surface area contributed by atoms with Crippen molar-refractivity contribution in [2.75, 3.05) is 0 Å². The molecule has 1 aromatic heterocycles. The van der Waals surface area contributed by atoms with E-state index in [4.69, 9.17) is 0 Å². The molecule has 1 rings (SSSR count). The van der Waals surface area contributed by atoms with Gasteiger partial charge in [0, 0.05) is 11.8 Å². The summed E-state index contributed by atoms with van der Waals surface area (Å²) in [5.41, 5.74) is 1.79. The summed E-state index contributed by atoms with van der Waals surface area (Å²) < 4.78 is 35.2. The number of rotatable bonds is 3. The minimum atomic E-state index is -4.21. The van der Waals surface area contributed by atoms with Gasteiger partial charge in [-0.25, -0.2) is 4.98 Å². The van der Waals surface area contributed by atoms with Crippen molar-refractivity contribution >= 4 is 11.3 Å². The van der Waals surface area contributed by atoms with Crippen molar-refractivity contribution in [1.82, 2.24) is 4.98 Å². The van der Waals surface area contributed by atoms with E-state index in [1.165, 1.54) is 16.8 Å². The van der Waals surface area contributed by atoms with E-state index in [1.54, 1.807) is 5.38 Å². The molecule has 13 heavy (non-hydrogen) atoms. The van der Waals surface area contributed by atoms with Crippen LogP contribution < -0.4 is 0 Å². The van der Waals surface area contributed by atoms with Crippen LogP contribution in [0.1, 0.15) is 24.6 Å². The van der Waals surface area contributed by atoms with E-state index in [9.17, 15) is 18.3 Å². The molecule has 0 saturated heterocycles. The number of halogens is 3. The van der Waals surface area contributed by atoms with E-state index in [1.807, 2.05) is 0 Å². The van der Waals surface area contributed by atoms with Crippen LogP contribution in [0.25, 0.3) is 0 Å². The molecule has 74 valence electrons. The van der Waals surface area contributed by atoms with Crippen molar-refractivity contribution in [3.05, 3.63) is 16.6 Å². The Morgan fingerprint density at radius 3 is 2.69 bits per heavy atom. The minimum Gasteiger partial charge on any atom is -0.387 e. The molecule has 1 aromatic rings. The van der Waals surface area contributed by atoms with Crippen molar-refractivity contribution in [1.29, 1.82) is 0 Å². The molecule has 0 aromatic carbocycles. The predicted molar refractivity (Wildman–Crippen MR) is 42.4 cm³/mol. The Morgan fingerprint density at radius 2 is 2.23 bits per heavy atom. The first-order valence-electron chi connectivity index (χ1n) is 3.62. The van der Waals surface area contributed by atoms with Crippen LogP contribution in [0, 0.1) is 0 Å². The van der Waals surface area contributed by atoms with Gasteiger partial charge in [0.2, 0.25) is 0 Å². The maximum atomic E-state index is 11.7. The smallest absolute Gasteiger partial charge is 0.387 e. The summed E-state index contributed by atoms with van der Waals surface area (Å²) in [6, 6.07) is 0. The van der Waals surface area contributed by atoms with E-state index in [2.05, 4.69) is 4.98 Å². The Morgan fingerprint density at radius 1 is 1.54 bits per heavy atom. The largest absolute Gasteiger partial charge is 0.389 e. The zero-order valence-electron chi connectivity index (χ0n) is 6.58. The summed E-state index contributed by atoms with van der Waals surface area (Å²) in [7, 11) is 0. The topological polar surface area (TPSA) is 33.1 Å². The fourth-order valence-electron chi connectivity index (χ4n) is 0.835. The summed E-state index contributed by atoms with van der Waals surface area (Å²) in [6.45, 7) is 0. The second-order valence-corrected chi connectivity index (χ2v) is 3.30. The molecule has 1 atom stereocenters. The number of aliphatic hydroxyl groups is 1. The standard InChI is InChI=1S/C7H8F3NOS/c8-7(9,10)2-1-6(12)5-3-13-4-11-5/h3-4,6,12H,1-2H2. The minimum absolute atomic E-state index is 0.314. The van der Waals surface area contributed by atoms with Gasteiger partial charge in [-0.3, -0.25) is 0 Å². The average Bonchev–Trinajstić information content (AvgIpc) is 2.50. The fourth-order valence-corrected chi connectivity index (χ4v) is 1.44. The zero-order valence-corrected chi connectivity index (χ0v) is 7.40. The Balaban J connectivity index is 2.39. The number of hydrogen-bond acceptors (Lipinski definition) is 3. The third kappa shape index (κ3) is 3.73. The quantitative estimate of drug-likeness (QED) is 0.833. The summed E-state index contributed by atoms with van der Waals surface area (Å²) >= 11 is 1.25. The summed E-state index contributed by atoms with van der Waals surface area (Å²) in [5.74, 6) is 0. The van der Waals surface area contributed by atoms with E-state index in [-0.39, 0.29) is 6.42 Å². The molecule has 0 aliphatic carbocycles. The highest BCUT2D eigenvalue weighted by atomic mass is 32.1. The maximum Gasteiger partial charge on any atom is 0.389 e. The van der Waals surface area contributed by atoms with Gasteiger partial charge in [-0.05, 0) is 6.42 Å². The van der Waals surface area contributed by atoms with Gasteiger partial charge in [0.15, 0.2) is 0 Å². The Kier molecular flexibility index (Phi) is 3.27. The van der Waals surface area contributed by atoms with E-state index in [0.717, 1.165) is 0 Å². The zero-order chi connectivity index (χ0) is 9.90. The normalized spacial score (nSPS) is 14.5. The van der Waals surface area contributed by atoms with Gasteiger partial charge in [-0.1, -0.05) is 0 Å². The van der Waals surface area contributed by atoms with Crippen LogP contribution in [0.4, 0.5) is 13.2 Å². The number of aromatic nitrogens is 1. The highest BCUT2D eigenvalue weighted by molar-refractivity contribution is 7.07. The van der Waals surface area contributed by atoms with Crippen LogP contribution >= 0.6 is 11.3 Å². The third-order valence-corrected chi connectivity index (χ3v) is 2.10. The van der Waals surface area contributed by atoms with Crippen LogP contribution in [-0.4, -0.2) is 16.3 Å². The van der Waals surface area contributed by atoms with Crippen molar-refractivity contribution in [2.24, 2.45) is 0 Å². The van der Waals surface area contributed by atoms with Gasteiger partial charge in [-0.15, -0.1) is 11.3 Å². The molecule has 1 N–H and O–H groups in total. The van der Waals surface area contributed by atoms with Gasteiger partial charge in [0.25, 0.3) is 0 Å². The molecule has 1 heterocycles. The summed E-state index contributed by atoms with van der Waals surface area (Å²) in [6.07, 6.45) is -6.62. The summed E-state index contributed by atoms with van der Waals surface area (Å²) in [5, 5.41) is 10.8. The predicted octanol–water partition coefficient (Wildman–Crippen LogP) is 2.52. The molecule has 0 bridgehead atoms. The highest BCUT2D eigenvalue weighted by Gasteiger charge is 2.28. The molecule has 6 heteroatoms. The number of hydrogen-bond donors (Lipinski definition) is 1. The first kappa shape index (κ1) is 10.5. The molecule has 0 radical (unpaired) electrons. The molecular formula is C7H8F3NOS. The molecule has 1 unspecified atom stereocenters. The first-order chi connectivity index (χ1) is 5.99. The lowest BCUT2D eigenvalue weighted by molar-refractivity contribution is -0.140. The molecule has 2 nitrogen and oxygen atoms in total. The Hall–Kier alpha value is -0.620. The summed E-state index contributed by atoms with van der Waals surface area (Å²) in [4.78, 5) is 3.72. The molecule has 0 spiro atoms. The van der Waals surface area contributed by atoms with Gasteiger partial charge in [-0.2, -0.15) is 13.2 Å². The van der Waals surface area contributed by atoms with Crippen LogP contribution in [-0.2, 0) is 0 Å². The Labute approximate surface area is 77.0 Å². The van der Waals surface area contributed by atoms with E-state index in [0.29, 0.717) is 5.69 Å². The molecule has 0 aliphatic rings. The van der Waals surface area contributed by atoms with Gasteiger partial charge < -0.3 is 5.11 Å². The lowest BCUT2D eigenvalue weighted by atomic mass is 10.1. The van der Waals surface area contributed by atoms with Crippen molar-refractivity contribution in [3.8, 4) is 0 Å². The van der Waals surface area contributed by atoms with Crippen LogP contribution in [0.3, 0.4) is 0 Å². The van der Waals surface area contributed by atoms with Crippen molar-refractivity contribution in [3.63, 3.8) is 0 Å². The second-order valence-electron chi connectivity index (χ2n) is 2.58. The maximum absolute atomic E-state index is 11.7. The van der Waals surface area contributed by atoms with Crippen LogP contribution in [0.2, 0.25) is 0 Å². The number of aliphatic hydroxyl groups excluding tert-OH is 1. The first-order valence-corrected chi connectivity index (χ1v) is 4.56. The Bertz CT molecular complexity index is 247. The van der Waals surface area contributed by atoms with Gasteiger partial charge >= 0.3 is 6.18 Å². The monoisotopic (exact) mass is 211 g/mol. The lowest BCUT2D eigenvalue weighted by Gasteiger charge is -2.09. The van der Waals surface area contributed by atoms with Gasteiger partial charge in [0.1, 0.15) is 0 Å².